The zero-order valence-corrected chi connectivity index (χ0v) is 16.8. The summed E-state index contributed by atoms with van der Waals surface area (Å²) in [4.78, 5) is 12.2. The average Bonchev–Trinajstić information content (AvgIpc) is 3.21. The van der Waals surface area contributed by atoms with Gasteiger partial charge in [-0.05, 0) is 53.1 Å². The zero-order valence-electron chi connectivity index (χ0n) is 16.0. The van der Waals surface area contributed by atoms with Gasteiger partial charge in [-0.3, -0.25) is 4.79 Å². The van der Waals surface area contributed by atoms with Gasteiger partial charge in [0.05, 0.1) is 11.4 Å². The van der Waals surface area contributed by atoms with Gasteiger partial charge in [0.1, 0.15) is 13.2 Å². The van der Waals surface area contributed by atoms with Crippen LogP contribution >= 0.6 is 11.8 Å². The topological polar surface area (TPSA) is 91.2 Å². The highest BCUT2D eigenvalue weighted by molar-refractivity contribution is 7.99. The van der Waals surface area contributed by atoms with Crippen LogP contribution in [0.5, 0.6) is 11.5 Å². The van der Waals surface area contributed by atoms with E-state index in [-0.39, 0.29) is 11.7 Å². The molecule has 29 heavy (non-hydrogen) atoms. The van der Waals surface area contributed by atoms with E-state index in [4.69, 9.17) is 9.47 Å². The van der Waals surface area contributed by atoms with Gasteiger partial charge in [-0.25, -0.2) is 0 Å². The van der Waals surface area contributed by atoms with Gasteiger partial charge >= 0.3 is 0 Å². The standard InChI is InChI=1S/C20H21N5O3S/c1-14-4-2-3-5-16(14)25-20(22-23-24-25)29-13-19(26)21-9-8-15-6-7-17-18(12-15)28-11-10-27-17/h2-7,12H,8-11,13H2,1H3,(H,21,26). The van der Waals surface area contributed by atoms with E-state index in [0.717, 1.165) is 28.3 Å². The molecule has 4 rings (SSSR count). The minimum Gasteiger partial charge on any atom is -0.486 e. The van der Waals surface area contributed by atoms with E-state index in [0.29, 0.717) is 31.3 Å². The third kappa shape index (κ3) is 4.68. The van der Waals surface area contributed by atoms with Gasteiger partial charge in [0.25, 0.3) is 0 Å². The summed E-state index contributed by atoms with van der Waals surface area (Å²) in [5.74, 6) is 1.71. The van der Waals surface area contributed by atoms with Crippen molar-refractivity contribution in [3.8, 4) is 17.2 Å². The highest BCUT2D eigenvalue weighted by Gasteiger charge is 2.14. The van der Waals surface area contributed by atoms with Crippen LogP contribution in [0.1, 0.15) is 11.1 Å². The lowest BCUT2D eigenvalue weighted by atomic mass is 10.1. The first-order valence-corrected chi connectivity index (χ1v) is 10.3. The van der Waals surface area contributed by atoms with Gasteiger partial charge in [-0.15, -0.1) is 5.10 Å². The summed E-state index contributed by atoms with van der Waals surface area (Å²) in [6.07, 6.45) is 0.716. The minimum atomic E-state index is -0.0631. The van der Waals surface area contributed by atoms with Gasteiger partial charge in [0.2, 0.25) is 11.1 Å². The Labute approximate surface area is 172 Å². The number of nitrogens with zero attached hydrogens (tertiary/aromatic N) is 4. The van der Waals surface area contributed by atoms with E-state index in [1.54, 1.807) is 4.68 Å². The van der Waals surface area contributed by atoms with Crippen LogP contribution in [0.4, 0.5) is 0 Å². The molecule has 2 heterocycles. The molecule has 0 unspecified atom stereocenters. The number of carbonyl (C=O) groups is 1. The largest absolute Gasteiger partial charge is 0.486 e. The van der Waals surface area contributed by atoms with Crippen molar-refractivity contribution in [3.05, 3.63) is 53.6 Å². The maximum Gasteiger partial charge on any atom is 0.230 e. The molecule has 0 radical (unpaired) electrons. The molecule has 0 saturated heterocycles. The number of benzene rings is 2. The number of hydrogen-bond donors (Lipinski definition) is 1. The summed E-state index contributed by atoms with van der Waals surface area (Å²) >= 11 is 1.31. The van der Waals surface area contributed by atoms with Crippen LogP contribution in [0.2, 0.25) is 0 Å². The monoisotopic (exact) mass is 411 g/mol. The second-order valence-electron chi connectivity index (χ2n) is 6.53. The second kappa shape index (κ2) is 8.95. The molecule has 9 heteroatoms. The quantitative estimate of drug-likeness (QED) is 0.596. The molecule has 3 aromatic rings. The van der Waals surface area contributed by atoms with E-state index in [1.807, 2.05) is 49.4 Å². The Kier molecular flexibility index (Phi) is 5.95. The number of aryl methyl sites for hydroxylation is 1. The predicted octanol–water partition coefficient (Wildman–Crippen LogP) is 2.19. The Morgan fingerprint density at radius 3 is 2.86 bits per heavy atom. The van der Waals surface area contributed by atoms with Crippen LogP contribution in [0.15, 0.2) is 47.6 Å². The van der Waals surface area contributed by atoms with Crippen molar-refractivity contribution in [1.82, 2.24) is 25.5 Å². The molecule has 1 aliphatic heterocycles. The number of fused-ring (bicyclic) bond motifs is 1. The predicted molar refractivity (Wildman–Crippen MR) is 109 cm³/mol. The van der Waals surface area contributed by atoms with Crippen LogP contribution in [-0.4, -0.2) is 51.6 Å². The van der Waals surface area contributed by atoms with E-state index in [1.165, 1.54) is 11.8 Å². The highest BCUT2D eigenvalue weighted by atomic mass is 32.2. The molecule has 0 spiro atoms. The summed E-state index contributed by atoms with van der Waals surface area (Å²) in [5.41, 5.74) is 3.05. The number of aromatic nitrogens is 4. The Bertz CT molecular complexity index is 1010. The Hall–Kier alpha value is -3.07. The number of thioether (sulfide) groups is 1. The normalized spacial score (nSPS) is 12.6. The lowest BCUT2D eigenvalue weighted by Crippen LogP contribution is -2.27. The second-order valence-corrected chi connectivity index (χ2v) is 7.47. The van der Waals surface area contributed by atoms with Crippen molar-refractivity contribution in [3.63, 3.8) is 0 Å². The van der Waals surface area contributed by atoms with E-state index < -0.39 is 0 Å². The number of nitrogens with one attached hydrogen (secondary N) is 1. The lowest BCUT2D eigenvalue weighted by Gasteiger charge is -2.18. The molecule has 1 aromatic heterocycles. The molecule has 0 atom stereocenters. The third-order valence-corrected chi connectivity index (χ3v) is 5.38. The molecule has 0 fully saturated rings. The van der Waals surface area contributed by atoms with Crippen LogP contribution < -0.4 is 14.8 Å². The fraction of sp³-hybridized carbons (Fsp3) is 0.300. The first-order chi connectivity index (χ1) is 14.2. The molecule has 1 N–H and O–H groups in total. The summed E-state index contributed by atoms with van der Waals surface area (Å²) in [7, 11) is 0. The van der Waals surface area contributed by atoms with Crippen LogP contribution in [0, 0.1) is 6.92 Å². The molecule has 150 valence electrons. The maximum absolute atomic E-state index is 12.2. The van der Waals surface area contributed by atoms with Crippen molar-refractivity contribution in [2.45, 2.75) is 18.5 Å². The van der Waals surface area contributed by atoms with Gasteiger partial charge < -0.3 is 14.8 Å². The summed E-state index contributed by atoms with van der Waals surface area (Å²) < 4.78 is 12.8. The van der Waals surface area contributed by atoms with Crippen molar-refractivity contribution < 1.29 is 14.3 Å². The average molecular weight is 411 g/mol. The van der Waals surface area contributed by atoms with Crippen molar-refractivity contribution >= 4 is 17.7 Å². The van der Waals surface area contributed by atoms with Crippen LogP contribution in [0.3, 0.4) is 0 Å². The zero-order chi connectivity index (χ0) is 20.1. The summed E-state index contributed by atoms with van der Waals surface area (Å²) in [6, 6.07) is 13.7. The fourth-order valence-corrected chi connectivity index (χ4v) is 3.71. The maximum atomic E-state index is 12.2. The van der Waals surface area contributed by atoms with Crippen molar-refractivity contribution in [1.29, 1.82) is 0 Å². The molecule has 1 amide bonds. The Morgan fingerprint density at radius 1 is 1.17 bits per heavy atom. The van der Waals surface area contributed by atoms with Gasteiger partial charge in [-0.1, -0.05) is 36.0 Å². The fourth-order valence-electron chi connectivity index (χ4n) is 2.99. The number of amides is 1. The van der Waals surface area contributed by atoms with Crippen LogP contribution in [-0.2, 0) is 11.2 Å². The van der Waals surface area contributed by atoms with Gasteiger partial charge in [0, 0.05) is 6.54 Å². The highest BCUT2D eigenvalue weighted by Crippen LogP contribution is 2.30. The number of carbonyl (C=O) groups excluding carboxylic acids is 1. The van der Waals surface area contributed by atoms with E-state index >= 15 is 0 Å². The van der Waals surface area contributed by atoms with E-state index in [2.05, 4.69) is 20.8 Å². The number of para-hydroxylation sites is 1. The van der Waals surface area contributed by atoms with E-state index in [9.17, 15) is 4.79 Å². The molecular weight excluding hydrogens is 390 g/mol. The van der Waals surface area contributed by atoms with Crippen LogP contribution in [0.25, 0.3) is 5.69 Å². The first-order valence-electron chi connectivity index (χ1n) is 9.33. The molecular formula is C20H21N5O3S. The Morgan fingerprint density at radius 2 is 2.00 bits per heavy atom. The number of tetrazole rings is 1. The third-order valence-electron chi connectivity index (χ3n) is 4.46. The molecule has 1 aliphatic rings. The molecule has 2 aromatic carbocycles. The number of hydrogen-bond acceptors (Lipinski definition) is 7. The molecule has 0 aliphatic carbocycles. The smallest absolute Gasteiger partial charge is 0.230 e. The van der Waals surface area contributed by atoms with Crippen molar-refractivity contribution in [2.75, 3.05) is 25.5 Å². The number of rotatable bonds is 7. The first kappa shape index (κ1) is 19.3. The van der Waals surface area contributed by atoms with Gasteiger partial charge in [0.15, 0.2) is 11.5 Å². The van der Waals surface area contributed by atoms with Gasteiger partial charge in [-0.2, -0.15) is 4.68 Å². The lowest BCUT2D eigenvalue weighted by molar-refractivity contribution is -0.118. The summed E-state index contributed by atoms with van der Waals surface area (Å²) in [6.45, 7) is 3.68. The number of ether oxygens (including phenoxy) is 2. The van der Waals surface area contributed by atoms with Crippen molar-refractivity contribution in [2.24, 2.45) is 0 Å². The minimum absolute atomic E-state index is 0.0631. The molecule has 0 bridgehead atoms. The SMILES string of the molecule is Cc1ccccc1-n1nnnc1SCC(=O)NCCc1ccc2c(c1)OCCO2. The molecule has 8 nitrogen and oxygen atoms in total. The molecule has 0 saturated carbocycles. The summed E-state index contributed by atoms with van der Waals surface area (Å²) in [5, 5.41) is 15.3. The Balaban J connectivity index is 1.27.